The molecule has 1 N–H and O–H groups in total. The fraction of sp³-hybridized carbons (Fsp3) is 0.385. The molecule has 0 fully saturated rings. The number of hydrogen-bond acceptors (Lipinski definition) is 3. The van der Waals surface area contributed by atoms with Crippen LogP contribution in [0.3, 0.4) is 0 Å². The van der Waals surface area contributed by atoms with Crippen LogP contribution in [0.1, 0.15) is 18.7 Å². The predicted octanol–water partition coefficient (Wildman–Crippen LogP) is 3.38. The summed E-state index contributed by atoms with van der Waals surface area (Å²) in [6, 6.07) is 7.70. The van der Waals surface area contributed by atoms with Crippen molar-refractivity contribution in [2.24, 2.45) is 0 Å². The number of benzene rings is 1. The van der Waals surface area contributed by atoms with Crippen LogP contribution in [-0.2, 0) is 4.74 Å². The Balaban J connectivity index is 2.33. The van der Waals surface area contributed by atoms with E-state index in [1.54, 1.807) is 7.11 Å². The van der Waals surface area contributed by atoms with Gasteiger partial charge >= 0.3 is 0 Å². The third-order valence-electron chi connectivity index (χ3n) is 2.62. The molecule has 0 aliphatic carbocycles. The molecule has 0 amide bonds. The van der Waals surface area contributed by atoms with Crippen LogP contribution >= 0.6 is 11.6 Å². The van der Waals surface area contributed by atoms with Gasteiger partial charge in [0.05, 0.1) is 12.6 Å². The van der Waals surface area contributed by atoms with Gasteiger partial charge in [-0.05, 0) is 30.8 Å². The van der Waals surface area contributed by atoms with E-state index in [0.717, 1.165) is 28.3 Å². The molecule has 1 aromatic carbocycles. The van der Waals surface area contributed by atoms with Crippen molar-refractivity contribution in [2.75, 3.05) is 20.3 Å². The van der Waals surface area contributed by atoms with Gasteiger partial charge in [0.2, 0.25) is 0 Å². The zero-order valence-electron chi connectivity index (χ0n) is 10.00. The summed E-state index contributed by atoms with van der Waals surface area (Å²) in [5, 5.41) is 5.06. The standard InChI is InChI=1S/C13H16ClNO2/c1-3-15-11(8-16-2)13-7-9-6-10(14)4-5-12(9)17-13/h4-7,11,15H,3,8H2,1-2H3. The quantitative estimate of drug-likeness (QED) is 0.887. The number of rotatable bonds is 5. The lowest BCUT2D eigenvalue weighted by atomic mass is 10.2. The second-order valence-corrected chi connectivity index (χ2v) is 4.33. The summed E-state index contributed by atoms with van der Waals surface area (Å²) in [5.74, 6) is 0.881. The van der Waals surface area contributed by atoms with Gasteiger partial charge < -0.3 is 14.5 Å². The molecule has 0 bridgehead atoms. The summed E-state index contributed by atoms with van der Waals surface area (Å²) in [5.41, 5.74) is 0.850. The van der Waals surface area contributed by atoms with Gasteiger partial charge in [-0.15, -0.1) is 0 Å². The molecule has 2 aromatic rings. The Labute approximate surface area is 106 Å². The molecule has 1 aromatic heterocycles. The van der Waals surface area contributed by atoms with E-state index in [0.29, 0.717) is 6.61 Å². The fourth-order valence-corrected chi connectivity index (χ4v) is 2.04. The average molecular weight is 254 g/mol. The van der Waals surface area contributed by atoms with Gasteiger partial charge in [0.15, 0.2) is 0 Å². The number of fused-ring (bicyclic) bond motifs is 1. The van der Waals surface area contributed by atoms with Gasteiger partial charge in [0.25, 0.3) is 0 Å². The Morgan fingerprint density at radius 3 is 2.94 bits per heavy atom. The normalized spacial score (nSPS) is 13.1. The highest BCUT2D eigenvalue weighted by atomic mass is 35.5. The van der Waals surface area contributed by atoms with Crippen molar-refractivity contribution < 1.29 is 9.15 Å². The van der Waals surface area contributed by atoms with Crippen LogP contribution in [0.25, 0.3) is 11.0 Å². The molecule has 0 aliphatic heterocycles. The van der Waals surface area contributed by atoms with Crippen LogP contribution < -0.4 is 5.32 Å². The number of nitrogens with one attached hydrogen (secondary N) is 1. The van der Waals surface area contributed by atoms with Crippen molar-refractivity contribution in [3.05, 3.63) is 35.0 Å². The van der Waals surface area contributed by atoms with Crippen molar-refractivity contribution >= 4 is 22.6 Å². The Bertz CT molecular complexity index is 489. The summed E-state index contributed by atoms with van der Waals surface area (Å²) < 4.78 is 11.0. The predicted molar refractivity (Wildman–Crippen MR) is 69.5 cm³/mol. The lowest BCUT2D eigenvalue weighted by Crippen LogP contribution is -2.24. The highest BCUT2D eigenvalue weighted by molar-refractivity contribution is 6.31. The summed E-state index contributed by atoms with van der Waals surface area (Å²) in [7, 11) is 1.68. The minimum Gasteiger partial charge on any atom is -0.459 e. The molecule has 1 unspecified atom stereocenters. The first-order valence-corrected chi connectivity index (χ1v) is 6.03. The topological polar surface area (TPSA) is 34.4 Å². The van der Waals surface area contributed by atoms with Crippen LogP contribution in [-0.4, -0.2) is 20.3 Å². The van der Waals surface area contributed by atoms with Crippen LogP contribution in [0.2, 0.25) is 5.02 Å². The van der Waals surface area contributed by atoms with Crippen molar-refractivity contribution in [1.82, 2.24) is 5.32 Å². The maximum atomic E-state index is 5.95. The van der Waals surface area contributed by atoms with Gasteiger partial charge in [0.1, 0.15) is 11.3 Å². The number of ether oxygens (including phenoxy) is 1. The maximum Gasteiger partial charge on any atom is 0.134 e. The Morgan fingerprint density at radius 1 is 1.41 bits per heavy atom. The van der Waals surface area contributed by atoms with Crippen molar-refractivity contribution in [3.8, 4) is 0 Å². The maximum absolute atomic E-state index is 5.95. The number of halogens is 1. The molecular weight excluding hydrogens is 238 g/mol. The first kappa shape index (κ1) is 12.4. The molecule has 0 saturated heterocycles. The zero-order valence-corrected chi connectivity index (χ0v) is 10.8. The van der Waals surface area contributed by atoms with Crippen molar-refractivity contribution in [1.29, 1.82) is 0 Å². The third kappa shape index (κ3) is 2.80. The van der Waals surface area contributed by atoms with Crippen LogP contribution in [0, 0.1) is 0 Å². The lowest BCUT2D eigenvalue weighted by molar-refractivity contribution is 0.159. The van der Waals surface area contributed by atoms with Gasteiger partial charge in [-0.1, -0.05) is 18.5 Å². The monoisotopic (exact) mass is 253 g/mol. The molecule has 1 atom stereocenters. The van der Waals surface area contributed by atoms with Gasteiger partial charge in [-0.25, -0.2) is 0 Å². The largest absolute Gasteiger partial charge is 0.459 e. The molecule has 0 saturated carbocycles. The van der Waals surface area contributed by atoms with E-state index in [-0.39, 0.29) is 6.04 Å². The molecule has 4 heteroatoms. The lowest BCUT2D eigenvalue weighted by Gasteiger charge is -2.13. The van der Waals surface area contributed by atoms with E-state index in [2.05, 4.69) is 12.2 Å². The van der Waals surface area contributed by atoms with Gasteiger partial charge in [0, 0.05) is 17.5 Å². The van der Waals surface area contributed by atoms with Crippen LogP contribution in [0.4, 0.5) is 0 Å². The number of methoxy groups -OCH3 is 1. The Kier molecular flexibility index (Phi) is 4.05. The average Bonchev–Trinajstić information content (AvgIpc) is 2.71. The molecule has 2 rings (SSSR count). The third-order valence-corrected chi connectivity index (χ3v) is 2.86. The van der Waals surface area contributed by atoms with Gasteiger partial charge in [-0.3, -0.25) is 0 Å². The van der Waals surface area contributed by atoms with E-state index in [1.165, 1.54) is 0 Å². The molecule has 17 heavy (non-hydrogen) atoms. The van der Waals surface area contributed by atoms with Crippen molar-refractivity contribution in [2.45, 2.75) is 13.0 Å². The SMILES string of the molecule is CCNC(COC)c1cc2cc(Cl)ccc2o1. The number of furan rings is 1. The minimum atomic E-state index is 0.0798. The fourth-order valence-electron chi connectivity index (χ4n) is 1.86. The number of likely N-dealkylation sites (N-methyl/N-ethyl adjacent to an activating group) is 1. The highest BCUT2D eigenvalue weighted by Crippen LogP contribution is 2.26. The summed E-state index contributed by atoms with van der Waals surface area (Å²) in [6.07, 6.45) is 0. The second kappa shape index (κ2) is 5.54. The molecule has 3 nitrogen and oxygen atoms in total. The molecular formula is C13H16ClNO2. The molecule has 92 valence electrons. The second-order valence-electron chi connectivity index (χ2n) is 3.90. The van der Waals surface area contributed by atoms with Crippen LogP contribution in [0.5, 0.6) is 0 Å². The Morgan fingerprint density at radius 2 is 2.24 bits per heavy atom. The smallest absolute Gasteiger partial charge is 0.134 e. The van der Waals surface area contributed by atoms with E-state index < -0.39 is 0 Å². The first-order valence-electron chi connectivity index (χ1n) is 5.66. The van der Waals surface area contributed by atoms with E-state index in [1.807, 2.05) is 24.3 Å². The summed E-state index contributed by atoms with van der Waals surface area (Å²) in [4.78, 5) is 0. The molecule has 0 radical (unpaired) electrons. The first-order chi connectivity index (χ1) is 8.24. The molecule has 0 spiro atoms. The zero-order chi connectivity index (χ0) is 12.3. The van der Waals surface area contributed by atoms with Crippen molar-refractivity contribution in [3.63, 3.8) is 0 Å². The summed E-state index contributed by atoms with van der Waals surface area (Å²) in [6.45, 7) is 3.51. The Hall–Kier alpha value is -1.03. The minimum absolute atomic E-state index is 0.0798. The molecule has 1 heterocycles. The van der Waals surface area contributed by atoms with E-state index in [4.69, 9.17) is 20.8 Å². The highest BCUT2D eigenvalue weighted by Gasteiger charge is 2.15. The van der Waals surface area contributed by atoms with Gasteiger partial charge in [-0.2, -0.15) is 0 Å². The summed E-state index contributed by atoms with van der Waals surface area (Å²) >= 11 is 5.95. The molecule has 0 aliphatic rings. The van der Waals surface area contributed by atoms with E-state index >= 15 is 0 Å². The van der Waals surface area contributed by atoms with Crippen LogP contribution in [0.15, 0.2) is 28.7 Å². The number of hydrogen-bond donors (Lipinski definition) is 1. The van der Waals surface area contributed by atoms with E-state index in [9.17, 15) is 0 Å².